The molecule has 0 radical (unpaired) electrons. The number of fused-ring (bicyclic) bond motifs is 1. The molecule has 0 spiro atoms. The average molecular weight is 517 g/mol. The molecule has 0 fully saturated rings. The van der Waals surface area contributed by atoms with Gasteiger partial charge in [-0.15, -0.1) is 0 Å². The van der Waals surface area contributed by atoms with Gasteiger partial charge in [0.25, 0.3) is 0 Å². The number of aromatic nitrogens is 1. The highest BCUT2D eigenvalue weighted by atomic mass is 19.1. The molecule has 0 aliphatic carbocycles. The second-order valence-electron chi connectivity index (χ2n) is 9.40. The van der Waals surface area contributed by atoms with Gasteiger partial charge in [0.05, 0.1) is 7.11 Å². The van der Waals surface area contributed by atoms with Gasteiger partial charge in [-0.3, -0.25) is 4.79 Å². The van der Waals surface area contributed by atoms with E-state index in [0.717, 1.165) is 22.0 Å². The molecule has 4 rings (SSSR count). The van der Waals surface area contributed by atoms with Gasteiger partial charge in [-0.05, 0) is 56.2 Å². The minimum absolute atomic E-state index is 0.123. The number of amides is 3. The van der Waals surface area contributed by atoms with Gasteiger partial charge in [-0.25, -0.2) is 9.18 Å². The Morgan fingerprint density at radius 2 is 1.76 bits per heavy atom. The number of nitrogens with zero attached hydrogens (tertiary/aromatic N) is 2. The molecule has 0 aliphatic heterocycles. The molecule has 0 unspecified atom stereocenters. The first-order valence-electron chi connectivity index (χ1n) is 12.6. The summed E-state index contributed by atoms with van der Waals surface area (Å²) in [7, 11) is 1.61. The second kappa shape index (κ2) is 12.3. The molecule has 3 amide bonds. The van der Waals surface area contributed by atoms with Gasteiger partial charge in [0.15, 0.2) is 0 Å². The Balaban J connectivity index is 1.54. The van der Waals surface area contributed by atoms with Crippen LogP contribution in [-0.4, -0.2) is 53.0 Å². The Bertz CT molecular complexity index is 1400. The van der Waals surface area contributed by atoms with Crippen molar-refractivity contribution in [3.63, 3.8) is 0 Å². The summed E-state index contributed by atoms with van der Waals surface area (Å²) in [6.45, 7) is 4.35. The first-order chi connectivity index (χ1) is 18.4. The number of anilines is 1. The third kappa shape index (κ3) is 6.51. The number of urea groups is 1. The van der Waals surface area contributed by atoms with E-state index < -0.39 is 11.8 Å². The number of carbonyl (C=O) groups excluding carboxylic acids is 2. The molecule has 0 aliphatic rings. The lowest BCUT2D eigenvalue weighted by Crippen LogP contribution is -2.47. The molecule has 198 valence electrons. The SMILES string of the molecule is COc1ccccc1CN(CCc1c[nH]c2ccccc12)C(=O)CN(C(=O)Nc1cccc(F)c1)C(C)C. The molecule has 7 nitrogen and oxygen atoms in total. The smallest absolute Gasteiger partial charge is 0.322 e. The monoisotopic (exact) mass is 516 g/mol. The van der Waals surface area contributed by atoms with Crippen LogP contribution in [0.5, 0.6) is 5.75 Å². The summed E-state index contributed by atoms with van der Waals surface area (Å²) in [5.74, 6) is 0.0519. The number of para-hydroxylation sites is 2. The zero-order valence-electron chi connectivity index (χ0n) is 21.9. The third-order valence-electron chi connectivity index (χ3n) is 6.50. The van der Waals surface area contributed by atoms with Crippen LogP contribution >= 0.6 is 0 Å². The van der Waals surface area contributed by atoms with Crippen LogP contribution in [0.3, 0.4) is 0 Å². The Morgan fingerprint density at radius 1 is 1.00 bits per heavy atom. The van der Waals surface area contributed by atoms with E-state index in [2.05, 4.69) is 16.4 Å². The van der Waals surface area contributed by atoms with Crippen molar-refractivity contribution in [2.45, 2.75) is 32.9 Å². The number of hydrogen-bond donors (Lipinski definition) is 2. The number of ether oxygens (including phenoxy) is 1. The molecule has 0 bridgehead atoms. The molecular formula is C30H33FN4O3. The van der Waals surface area contributed by atoms with Crippen LogP contribution < -0.4 is 10.1 Å². The maximum Gasteiger partial charge on any atom is 0.322 e. The fraction of sp³-hybridized carbons (Fsp3) is 0.267. The summed E-state index contributed by atoms with van der Waals surface area (Å²) in [6, 6.07) is 20.6. The van der Waals surface area contributed by atoms with Crippen LogP contribution in [0.2, 0.25) is 0 Å². The van der Waals surface area contributed by atoms with Crippen molar-refractivity contribution >= 4 is 28.5 Å². The Hall–Kier alpha value is -4.33. The average Bonchev–Trinajstić information content (AvgIpc) is 3.32. The molecule has 1 heterocycles. The molecule has 0 atom stereocenters. The first kappa shape index (κ1) is 26.7. The van der Waals surface area contributed by atoms with Crippen molar-refractivity contribution in [2.24, 2.45) is 0 Å². The lowest BCUT2D eigenvalue weighted by molar-refractivity contribution is -0.132. The van der Waals surface area contributed by atoms with Gasteiger partial charge in [0, 0.05) is 47.5 Å². The molecule has 1 aromatic heterocycles. The summed E-state index contributed by atoms with van der Waals surface area (Å²) >= 11 is 0. The highest BCUT2D eigenvalue weighted by molar-refractivity contribution is 5.92. The number of halogens is 1. The Morgan fingerprint density at radius 3 is 2.53 bits per heavy atom. The van der Waals surface area contributed by atoms with Crippen LogP contribution in [0.4, 0.5) is 14.9 Å². The number of rotatable bonds is 10. The van der Waals surface area contributed by atoms with Crippen molar-refractivity contribution in [1.82, 2.24) is 14.8 Å². The number of H-pyrrole nitrogens is 1. The normalized spacial score (nSPS) is 11.0. The highest BCUT2D eigenvalue weighted by Crippen LogP contribution is 2.22. The van der Waals surface area contributed by atoms with Crippen molar-refractivity contribution in [3.8, 4) is 5.75 Å². The zero-order chi connectivity index (χ0) is 27.1. The molecule has 0 saturated heterocycles. The van der Waals surface area contributed by atoms with Crippen LogP contribution in [0.15, 0.2) is 79.0 Å². The molecule has 2 N–H and O–H groups in total. The van der Waals surface area contributed by atoms with Gasteiger partial charge in [-0.2, -0.15) is 0 Å². The van der Waals surface area contributed by atoms with Crippen molar-refractivity contribution in [2.75, 3.05) is 25.5 Å². The number of nitrogens with one attached hydrogen (secondary N) is 2. The van der Waals surface area contributed by atoms with Gasteiger partial charge in [0.2, 0.25) is 5.91 Å². The number of methoxy groups -OCH3 is 1. The summed E-state index contributed by atoms with van der Waals surface area (Å²) in [4.78, 5) is 33.3. The van der Waals surface area contributed by atoms with Crippen LogP contribution in [0, 0.1) is 5.82 Å². The quantitative estimate of drug-likeness (QED) is 0.278. The molecule has 8 heteroatoms. The standard InChI is InChI=1S/C30H33FN4O3/c1-21(2)35(30(37)33-25-11-8-10-24(31)17-25)20-29(36)34(19-23-9-4-7-14-28(23)38-3)16-15-22-18-32-27-13-6-5-12-26(22)27/h4-14,17-18,21,32H,15-16,19-20H2,1-3H3,(H,33,37). The van der Waals surface area contributed by atoms with E-state index in [9.17, 15) is 14.0 Å². The minimum atomic E-state index is -0.465. The minimum Gasteiger partial charge on any atom is -0.496 e. The molecule has 3 aromatic carbocycles. The maximum atomic E-state index is 13.7. The van der Waals surface area contributed by atoms with E-state index in [4.69, 9.17) is 4.74 Å². The zero-order valence-corrected chi connectivity index (χ0v) is 21.9. The second-order valence-corrected chi connectivity index (χ2v) is 9.40. The largest absolute Gasteiger partial charge is 0.496 e. The molecule has 0 saturated carbocycles. The summed E-state index contributed by atoms with van der Waals surface area (Å²) < 4.78 is 19.1. The highest BCUT2D eigenvalue weighted by Gasteiger charge is 2.25. The Kier molecular flexibility index (Phi) is 8.63. The van der Waals surface area contributed by atoms with Crippen molar-refractivity contribution < 1.29 is 18.7 Å². The molecule has 38 heavy (non-hydrogen) atoms. The van der Waals surface area contributed by atoms with Crippen LogP contribution in [0.1, 0.15) is 25.0 Å². The fourth-order valence-electron chi connectivity index (χ4n) is 4.42. The van der Waals surface area contributed by atoms with Crippen molar-refractivity contribution in [1.29, 1.82) is 0 Å². The predicted molar refractivity (Wildman–Crippen MR) is 148 cm³/mol. The molecular weight excluding hydrogens is 483 g/mol. The van der Waals surface area contributed by atoms with E-state index in [-0.39, 0.29) is 18.5 Å². The van der Waals surface area contributed by atoms with E-state index in [0.29, 0.717) is 30.9 Å². The van der Waals surface area contributed by atoms with E-state index in [1.54, 1.807) is 18.1 Å². The lowest BCUT2D eigenvalue weighted by Gasteiger charge is -2.30. The lowest BCUT2D eigenvalue weighted by atomic mass is 10.1. The van der Waals surface area contributed by atoms with Crippen LogP contribution in [-0.2, 0) is 17.8 Å². The fourth-order valence-corrected chi connectivity index (χ4v) is 4.42. The number of aromatic amines is 1. The van der Waals surface area contributed by atoms with Gasteiger partial charge >= 0.3 is 6.03 Å². The van der Waals surface area contributed by atoms with Crippen molar-refractivity contribution in [3.05, 3.63) is 95.9 Å². The van der Waals surface area contributed by atoms with E-state index in [1.165, 1.54) is 23.1 Å². The van der Waals surface area contributed by atoms with Crippen LogP contribution in [0.25, 0.3) is 10.9 Å². The number of benzene rings is 3. The summed E-state index contributed by atoms with van der Waals surface area (Å²) in [5, 5.41) is 3.82. The van der Waals surface area contributed by atoms with Gasteiger partial charge in [0.1, 0.15) is 18.1 Å². The predicted octanol–water partition coefficient (Wildman–Crippen LogP) is 5.83. The topological polar surface area (TPSA) is 77.7 Å². The van der Waals surface area contributed by atoms with Gasteiger partial charge in [-0.1, -0.05) is 42.5 Å². The van der Waals surface area contributed by atoms with E-state index >= 15 is 0 Å². The van der Waals surface area contributed by atoms with E-state index in [1.807, 2.05) is 62.5 Å². The summed E-state index contributed by atoms with van der Waals surface area (Å²) in [6.07, 6.45) is 2.62. The Labute approximate surface area is 222 Å². The summed E-state index contributed by atoms with van der Waals surface area (Å²) in [5.41, 5.74) is 3.37. The number of hydrogen-bond acceptors (Lipinski definition) is 3. The number of carbonyl (C=O) groups is 2. The first-order valence-corrected chi connectivity index (χ1v) is 12.6. The molecule has 4 aromatic rings. The van der Waals surface area contributed by atoms with Gasteiger partial charge < -0.3 is 24.8 Å². The maximum absolute atomic E-state index is 13.7. The third-order valence-corrected chi connectivity index (χ3v) is 6.50.